The van der Waals surface area contributed by atoms with Crippen LogP contribution in [0.4, 0.5) is 0 Å². The summed E-state index contributed by atoms with van der Waals surface area (Å²) in [4.78, 5) is 3.96. The van der Waals surface area contributed by atoms with Gasteiger partial charge in [-0.3, -0.25) is 4.98 Å². The van der Waals surface area contributed by atoms with Crippen LogP contribution in [-0.4, -0.2) is 4.98 Å². The molecule has 0 aliphatic rings. The maximum Gasteiger partial charge on any atom is 0.145 e. The van der Waals surface area contributed by atoms with Gasteiger partial charge < -0.3 is 4.74 Å². The summed E-state index contributed by atoms with van der Waals surface area (Å²) in [6, 6.07) is 13.4. The van der Waals surface area contributed by atoms with Gasteiger partial charge in [-0.05, 0) is 24.3 Å². The normalized spacial score (nSPS) is 8.27. The van der Waals surface area contributed by atoms with Gasteiger partial charge in [0.15, 0.2) is 0 Å². The van der Waals surface area contributed by atoms with E-state index in [-0.39, 0.29) is 24.8 Å². The first-order valence-corrected chi connectivity index (χ1v) is 4.08. The van der Waals surface area contributed by atoms with E-state index in [0.717, 1.165) is 11.5 Å². The number of hydrogen-bond acceptors (Lipinski definition) is 2. The van der Waals surface area contributed by atoms with Crippen LogP contribution in [0.25, 0.3) is 0 Å². The lowest BCUT2D eigenvalue weighted by Crippen LogP contribution is -1.83. The molecule has 4 heteroatoms. The molecule has 2 rings (SSSR count). The molecule has 1 aromatic carbocycles. The van der Waals surface area contributed by atoms with E-state index in [2.05, 4.69) is 4.98 Å². The van der Waals surface area contributed by atoms with Crippen LogP contribution in [0.1, 0.15) is 0 Å². The number of hydrogen-bond donors (Lipinski definition) is 0. The summed E-state index contributed by atoms with van der Waals surface area (Å²) in [6.45, 7) is 0. The average Bonchev–Trinajstić information content (AvgIpc) is 2.21. The Bertz CT molecular complexity index is 329. The zero-order valence-corrected chi connectivity index (χ0v) is 9.50. The van der Waals surface area contributed by atoms with Crippen molar-refractivity contribution in [2.75, 3.05) is 0 Å². The molecule has 1 aromatic heterocycles. The molecule has 1 heterocycles. The first-order valence-electron chi connectivity index (χ1n) is 4.08. The third kappa shape index (κ3) is 4.19. The molecule has 0 unspecified atom stereocenters. The van der Waals surface area contributed by atoms with Gasteiger partial charge in [-0.1, -0.05) is 18.2 Å². The smallest absolute Gasteiger partial charge is 0.145 e. The maximum absolute atomic E-state index is 5.52. The predicted molar refractivity (Wildman–Crippen MR) is 65.2 cm³/mol. The summed E-state index contributed by atoms with van der Waals surface area (Å²) < 4.78 is 5.52. The molecular weight excluding hydrogens is 233 g/mol. The molecule has 0 bridgehead atoms. The van der Waals surface area contributed by atoms with E-state index in [1.807, 2.05) is 42.5 Å². The van der Waals surface area contributed by atoms with Crippen LogP contribution in [0.5, 0.6) is 11.5 Å². The third-order valence-electron chi connectivity index (χ3n) is 1.61. The minimum Gasteiger partial charge on any atom is -0.456 e. The lowest BCUT2D eigenvalue weighted by atomic mass is 10.3. The van der Waals surface area contributed by atoms with E-state index in [1.54, 1.807) is 12.4 Å². The van der Waals surface area contributed by atoms with Gasteiger partial charge in [0, 0.05) is 6.20 Å². The minimum absolute atomic E-state index is 0. The molecule has 0 fully saturated rings. The van der Waals surface area contributed by atoms with E-state index in [9.17, 15) is 0 Å². The standard InChI is InChI=1S/C11H9NO.2ClH/c1-2-5-10(6-3-1)13-11-7-4-8-12-9-11;;/h1-9H;2*1H. The minimum atomic E-state index is 0. The second-order valence-corrected chi connectivity index (χ2v) is 2.60. The molecular formula is C11H11Cl2NO. The maximum atomic E-state index is 5.52. The molecule has 0 aliphatic heterocycles. The fourth-order valence-corrected chi connectivity index (χ4v) is 1.03. The lowest BCUT2D eigenvalue weighted by Gasteiger charge is -2.03. The van der Waals surface area contributed by atoms with Crippen molar-refractivity contribution in [2.24, 2.45) is 0 Å². The molecule has 0 amide bonds. The van der Waals surface area contributed by atoms with Gasteiger partial charge in [0.2, 0.25) is 0 Å². The average molecular weight is 244 g/mol. The molecule has 0 atom stereocenters. The predicted octanol–water partition coefficient (Wildman–Crippen LogP) is 3.72. The van der Waals surface area contributed by atoms with Crippen molar-refractivity contribution in [1.29, 1.82) is 0 Å². The molecule has 2 aromatic rings. The lowest BCUT2D eigenvalue weighted by molar-refractivity contribution is 0.480. The van der Waals surface area contributed by atoms with Gasteiger partial charge >= 0.3 is 0 Å². The fraction of sp³-hybridized carbons (Fsp3) is 0. The van der Waals surface area contributed by atoms with Crippen molar-refractivity contribution in [3.05, 3.63) is 54.9 Å². The Hall–Kier alpha value is -1.25. The summed E-state index contributed by atoms with van der Waals surface area (Å²) in [5.74, 6) is 1.59. The zero-order valence-electron chi connectivity index (χ0n) is 7.87. The van der Waals surface area contributed by atoms with Crippen LogP contribution >= 0.6 is 24.8 Å². The molecule has 0 radical (unpaired) electrons. The topological polar surface area (TPSA) is 22.1 Å². The largest absolute Gasteiger partial charge is 0.456 e. The van der Waals surface area contributed by atoms with E-state index in [1.165, 1.54) is 0 Å². The molecule has 15 heavy (non-hydrogen) atoms. The van der Waals surface area contributed by atoms with Gasteiger partial charge in [0.25, 0.3) is 0 Å². The number of benzene rings is 1. The summed E-state index contributed by atoms with van der Waals surface area (Å²) in [5, 5.41) is 0. The number of rotatable bonds is 2. The molecule has 0 spiro atoms. The van der Waals surface area contributed by atoms with Crippen LogP contribution in [0.3, 0.4) is 0 Å². The van der Waals surface area contributed by atoms with Gasteiger partial charge in [0.1, 0.15) is 11.5 Å². The molecule has 80 valence electrons. The van der Waals surface area contributed by atoms with E-state index in [4.69, 9.17) is 4.74 Å². The van der Waals surface area contributed by atoms with Crippen LogP contribution < -0.4 is 4.74 Å². The quantitative estimate of drug-likeness (QED) is 0.803. The molecule has 0 saturated carbocycles. The van der Waals surface area contributed by atoms with Crippen molar-refractivity contribution >= 4 is 24.8 Å². The Kier molecular flexibility index (Phi) is 6.50. The number of pyridine rings is 1. The molecule has 2 nitrogen and oxygen atoms in total. The molecule has 0 N–H and O–H groups in total. The van der Waals surface area contributed by atoms with Gasteiger partial charge in [0.05, 0.1) is 6.20 Å². The van der Waals surface area contributed by atoms with Crippen molar-refractivity contribution in [3.63, 3.8) is 0 Å². The Morgan fingerprint density at radius 1 is 0.800 bits per heavy atom. The Balaban J connectivity index is 0.000000980. The first-order chi connectivity index (χ1) is 6.45. The van der Waals surface area contributed by atoms with Crippen LogP contribution in [0.2, 0.25) is 0 Å². The third-order valence-corrected chi connectivity index (χ3v) is 1.61. The highest BCUT2D eigenvalue weighted by Gasteiger charge is 1.93. The van der Waals surface area contributed by atoms with Gasteiger partial charge in [-0.25, -0.2) is 0 Å². The number of para-hydroxylation sites is 1. The second-order valence-electron chi connectivity index (χ2n) is 2.60. The van der Waals surface area contributed by atoms with Crippen molar-refractivity contribution < 1.29 is 4.74 Å². The van der Waals surface area contributed by atoms with Crippen molar-refractivity contribution in [2.45, 2.75) is 0 Å². The highest BCUT2D eigenvalue weighted by atomic mass is 35.5. The number of nitrogens with zero attached hydrogens (tertiary/aromatic N) is 1. The van der Waals surface area contributed by atoms with E-state index in [0.29, 0.717) is 0 Å². The van der Waals surface area contributed by atoms with Crippen molar-refractivity contribution in [1.82, 2.24) is 4.98 Å². The van der Waals surface area contributed by atoms with Crippen molar-refractivity contribution in [3.8, 4) is 11.5 Å². The molecule has 0 aliphatic carbocycles. The van der Waals surface area contributed by atoms with Gasteiger partial charge in [-0.2, -0.15) is 0 Å². The first kappa shape index (κ1) is 13.8. The monoisotopic (exact) mass is 243 g/mol. The summed E-state index contributed by atoms with van der Waals surface area (Å²) >= 11 is 0. The highest BCUT2D eigenvalue weighted by molar-refractivity contribution is 5.85. The van der Waals surface area contributed by atoms with Crippen LogP contribution in [-0.2, 0) is 0 Å². The Labute approximate surface area is 101 Å². The number of aromatic nitrogens is 1. The second kappa shape index (κ2) is 7.10. The van der Waals surface area contributed by atoms with Gasteiger partial charge in [-0.15, -0.1) is 24.8 Å². The summed E-state index contributed by atoms with van der Waals surface area (Å²) in [5.41, 5.74) is 0. The van der Waals surface area contributed by atoms with E-state index >= 15 is 0 Å². The number of ether oxygens (including phenoxy) is 1. The van der Waals surface area contributed by atoms with E-state index < -0.39 is 0 Å². The Morgan fingerprint density at radius 2 is 1.47 bits per heavy atom. The molecule has 0 saturated heterocycles. The van der Waals surface area contributed by atoms with Crippen LogP contribution in [0.15, 0.2) is 54.9 Å². The fourth-order valence-electron chi connectivity index (χ4n) is 1.03. The SMILES string of the molecule is Cl.Cl.c1ccc(Oc2cccnc2)cc1. The summed E-state index contributed by atoms with van der Waals surface area (Å²) in [7, 11) is 0. The number of halogens is 2. The summed E-state index contributed by atoms with van der Waals surface area (Å²) in [6.07, 6.45) is 3.41. The Morgan fingerprint density at radius 3 is 2.07 bits per heavy atom. The highest BCUT2D eigenvalue weighted by Crippen LogP contribution is 2.18. The zero-order chi connectivity index (χ0) is 8.93. The van der Waals surface area contributed by atoms with Crippen LogP contribution in [0, 0.1) is 0 Å².